The molecule has 0 aromatic heterocycles. The van der Waals surface area contributed by atoms with Crippen LogP contribution in [0.4, 0.5) is 11.4 Å². The van der Waals surface area contributed by atoms with Crippen molar-refractivity contribution in [3.05, 3.63) is 48.5 Å². The lowest BCUT2D eigenvalue weighted by Crippen LogP contribution is -2.39. The number of guanidine groups is 1. The first-order chi connectivity index (χ1) is 12.7. The SMILES string of the molecule is COc1ccccc1NC(N)=NCCCN1C(=O)COc2ccccc21.I. The molecule has 1 heterocycles. The molecular weight excluding hydrogens is 459 g/mol. The van der Waals surface area contributed by atoms with Gasteiger partial charge in [0.05, 0.1) is 18.5 Å². The van der Waals surface area contributed by atoms with Gasteiger partial charge in [-0.25, -0.2) is 0 Å². The Morgan fingerprint density at radius 2 is 2.00 bits per heavy atom. The summed E-state index contributed by atoms with van der Waals surface area (Å²) in [5.74, 6) is 1.69. The lowest BCUT2D eigenvalue weighted by Gasteiger charge is -2.29. The number of nitrogens with two attached hydrogens (primary N) is 1. The number of fused-ring (bicyclic) bond motifs is 1. The number of hydrogen-bond donors (Lipinski definition) is 2. The molecule has 0 bridgehead atoms. The number of benzene rings is 2. The van der Waals surface area contributed by atoms with E-state index in [-0.39, 0.29) is 36.5 Å². The molecule has 0 aliphatic carbocycles. The van der Waals surface area contributed by atoms with Crippen LogP contribution in [0, 0.1) is 0 Å². The highest BCUT2D eigenvalue weighted by Gasteiger charge is 2.24. The van der Waals surface area contributed by atoms with Crippen molar-refractivity contribution in [3.63, 3.8) is 0 Å². The molecular formula is C19H23IN4O3. The van der Waals surface area contributed by atoms with Gasteiger partial charge in [0.2, 0.25) is 0 Å². The Hall–Kier alpha value is -2.49. The van der Waals surface area contributed by atoms with E-state index in [0.717, 1.165) is 17.1 Å². The quantitative estimate of drug-likeness (QED) is 0.286. The summed E-state index contributed by atoms with van der Waals surface area (Å²) in [4.78, 5) is 18.2. The summed E-state index contributed by atoms with van der Waals surface area (Å²) < 4.78 is 10.7. The number of halogens is 1. The normalized spacial score (nSPS) is 13.3. The van der Waals surface area contributed by atoms with Crippen molar-refractivity contribution in [1.82, 2.24) is 0 Å². The van der Waals surface area contributed by atoms with Crippen LogP contribution in [0.2, 0.25) is 0 Å². The third-order valence-corrected chi connectivity index (χ3v) is 4.00. The molecule has 0 radical (unpaired) electrons. The number of hydrogen-bond acceptors (Lipinski definition) is 4. The van der Waals surface area contributed by atoms with Gasteiger partial charge in [-0.1, -0.05) is 24.3 Å². The van der Waals surface area contributed by atoms with Crippen LogP contribution in [0.1, 0.15) is 6.42 Å². The van der Waals surface area contributed by atoms with Crippen molar-refractivity contribution < 1.29 is 14.3 Å². The van der Waals surface area contributed by atoms with Gasteiger partial charge in [0.15, 0.2) is 12.6 Å². The molecule has 8 heteroatoms. The Balaban J connectivity index is 0.00000261. The third kappa shape index (κ3) is 5.25. The molecule has 0 fully saturated rings. The number of carbonyl (C=O) groups excluding carboxylic acids is 1. The Labute approximate surface area is 175 Å². The minimum Gasteiger partial charge on any atom is -0.495 e. The van der Waals surface area contributed by atoms with Crippen LogP contribution in [-0.4, -0.2) is 38.7 Å². The molecule has 0 saturated carbocycles. The number of ether oxygens (including phenoxy) is 2. The van der Waals surface area contributed by atoms with Gasteiger partial charge in [-0.15, -0.1) is 24.0 Å². The Kier molecular flexibility index (Phi) is 7.71. The van der Waals surface area contributed by atoms with E-state index in [1.807, 2.05) is 48.5 Å². The number of nitrogens with zero attached hydrogens (tertiary/aromatic N) is 2. The predicted molar refractivity (Wildman–Crippen MR) is 117 cm³/mol. The minimum atomic E-state index is -0.0483. The summed E-state index contributed by atoms with van der Waals surface area (Å²) in [5, 5.41) is 3.03. The molecule has 144 valence electrons. The van der Waals surface area contributed by atoms with Crippen LogP contribution in [0.25, 0.3) is 0 Å². The Morgan fingerprint density at radius 1 is 1.26 bits per heavy atom. The van der Waals surface area contributed by atoms with Crippen LogP contribution >= 0.6 is 24.0 Å². The second kappa shape index (κ2) is 10.0. The molecule has 1 aliphatic rings. The van der Waals surface area contributed by atoms with E-state index in [1.54, 1.807) is 12.0 Å². The molecule has 3 N–H and O–H groups in total. The van der Waals surface area contributed by atoms with Gasteiger partial charge in [-0.2, -0.15) is 0 Å². The molecule has 0 saturated heterocycles. The van der Waals surface area contributed by atoms with Gasteiger partial charge < -0.3 is 25.4 Å². The van der Waals surface area contributed by atoms with Gasteiger partial charge in [-0.3, -0.25) is 9.79 Å². The maximum atomic E-state index is 12.1. The third-order valence-electron chi connectivity index (χ3n) is 4.00. The van der Waals surface area contributed by atoms with E-state index >= 15 is 0 Å². The van der Waals surface area contributed by atoms with E-state index in [0.29, 0.717) is 31.2 Å². The van der Waals surface area contributed by atoms with Crippen molar-refractivity contribution in [1.29, 1.82) is 0 Å². The zero-order valence-corrected chi connectivity index (χ0v) is 17.4. The average Bonchev–Trinajstić information content (AvgIpc) is 2.67. The van der Waals surface area contributed by atoms with Gasteiger partial charge in [-0.05, 0) is 30.7 Å². The number of aliphatic imine (C=N–C) groups is 1. The number of rotatable bonds is 6. The fourth-order valence-electron chi connectivity index (χ4n) is 2.75. The molecule has 0 unspecified atom stereocenters. The summed E-state index contributed by atoms with van der Waals surface area (Å²) in [6, 6.07) is 15.0. The van der Waals surface area contributed by atoms with E-state index in [1.165, 1.54) is 0 Å². The van der Waals surface area contributed by atoms with Crippen LogP contribution in [0.15, 0.2) is 53.5 Å². The van der Waals surface area contributed by atoms with E-state index in [2.05, 4.69) is 10.3 Å². The number of methoxy groups -OCH3 is 1. The highest BCUT2D eigenvalue weighted by Crippen LogP contribution is 2.31. The van der Waals surface area contributed by atoms with Crippen LogP contribution in [0.3, 0.4) is 0 Å². The zero-order valence-electron chi connectivity index (χ0n) is 15.1. The topological polar surface area (TPSA) is 89.2 Å². The molecule has 1 amide bonds. The molecule has 2 aromatic rings. The molecule has 0 atom stereocenters. The standard InChI is InChI=1S/C19H22N4O3.HI/c1-25-16-9-4-2-7-14(16)22-19(20)21-11-6-12-23-15-8-3-5-10-17(15)26-13-18(23)24;/h2-5,7-10H,6,11-13H2,1H3,(H3,20,21,22);1H. The monoisotopic (exact) mass is 482 g/mol. The summed E-state index contributed by atoms with van der Waals surface area (Å²) in [6.45, 7) is 1.13. The maximum absolute atomic E-state index is 12.1. The lowest BCUT2D eigenvalue weighted by atomic mass is 10.2. The number of carbonyl (C=O) groups is 1. The van der Waals surface area contributed by atoms with Crippen molar-refractivity contribution in [2.45, 2.75) is 6.42 Å². The van der Waals surface area contributed by atoms with Crippen molar-refractivity contribution in [3.8, 4) is 11.5 Å². The second-order valence-corrected chi connectivity index (χ2v) is 5.75. The van der Waals surface area contributed by atoms with E-state index in [4.69, 9.17) is 15.2 Å². The van der Waals surface area contributed by atoms with Crippen molar-refractivity contribution in [2.24, 2.45) is 10.7 Å². The predicted octanol–water partition coefficient (Wildman–Crippen LogP) is 2.86. The van der Waals surface area contributed by atoms with E-state index in [9.17, 15) is 4.79 Å². The Morgan fingerprint density at radius 3 is 2.81 bits per heavy atom. The summed E-state index contributed by atoms with van der Waals surface area (Å²) in [6.07, 6.45) is 0.689. The molecule has 7 nitrogen and oxygen atoms in total. The second-order valence-electron chi connectivity index (χ2n) is 5.75. The summed E-state index contributed by atoms with van der Waals surface area (Å²) in [5.41, 5.74) is 7.49. The Bertz CT molecular complexity index is 813. The summed E-state index contributed by atoms with van der Waals surface area (Å²) in [7, 11) is 1.60. The van der Waals surface area contributed by atoms with Crippen LogP contribution < -0.4 is 25.4 Å². The highest BCUT2D eigenvalue weighted by atomic mass is 127. The number of amides is 1. The summed E-state index contributed by atoms with van der Waals surface area (Å²) >= 11 is 0. The highest BCUT2D eigenvalue weighted by molar-refractivity contribution is 14.0. The zero-order chi connectivity index (χ0) is 18.4. The van der Waals surface area contributed by atoms with Crippen molar-refractivity contribution in [2.75, 3.05) is 37.0 Å². The number of nitrogens with one attached hydrogen (secondary N) is 1. The minimum absolute atomic E-state index is 0. The molecule has 1 aliphatic heterocycles. The molecule has 27 heavy (non-hydrogen) atoms. The van der Waals surface area contributed by atoms with Gasteiger partial charge in [0.25, 0.3) is 5.91 Å². The number of anilines is 2. The number of para-hydroxylation sites is 4. The maximum Gasteiger partial charge on any atom is 0.265 e. The van der Waals surface area contributed by atoms with Gasteiger partial charge in [0, 0.05) is 13.1 Å². The fourth-order valence-corrected chi connectivity index (χ4v) is 2.75. The lowest BCUT2D eigenvalue weighted by molar-refractivity contribution is -0.121. The van der Waals surface area contributed by atoms with Crippen LogP contribution in [-0.2, 0) is 4.79 Å². The smallest absolute Gasteiger partial charge is 0.265 e. The largest absolute Gasteiger partial charge is 0.495 e. The average molecular weight is 482 g/mol. The first kappa shape index (κ1) is 20.8. The van der Waals surface area contributed by atoms with Crippen LogP contribution in [0.5, 0.6) is 11.5 Å². The first-order valence-electron chi connectivity index (χ1n) is 8.41. The molecule has 2 aromatic carbocycles. The van der Waals surface area contributed by atoms with Crippen molar-refractivity contribution >= 4 is 47.2 Å². The molecule has 0 spiro atoms. The first-order valence-corrected chi connectivity index (χ1v) is 8.41. The van der Waals surface area contributed by atoms with Gasteiger partial charge >= 0.3 is 0 Å². The van der Waals surface area contributed by atoms with E-state index < -0.39 is 0 Å². The van der Waals surface area contributed by atoms with Gasteiger partial charge in [0.1, 0.15) is 11.5 Å². The molecule has 3 rings (SSSR count). The fraction of sp³-hybridized carbons (Fsp3) is 0.263.